The number of sulfonamides is 1. The van der Waals surface area contributed by atoms with Gasteiger partial charge in [0.15, 0.2) is 0 Å². The van der Waals surface area contributed by atoms with E-state index < -0.39 is 28.5 Å². The number of carbonyl (C=O) groups is 2. The molecule has 0 bridgehead atoms. The topological polar surface area (TPSA) is 86.8 Å². The molecule has 0 radical (unpaired) electrons. The van der Waals surface area contributed by atoms with Crippen molar-refractivity contribution in [2.75, 3.05) is 17.4 Å². The highest BCUT2D eigenvalue weighted by atomic mass is 35.5. The molecule has 0 saturated carbocycles. The van der Waals surface area contributed by atoms with Gasteiger partial charge in [0.2, 0.25) is 11.8 Å². The van der Waals surface area contributed by atoms with Gasteiger partial charge in [-0.2, -0.15) is 0 Å². The summed E-state index contributed by atoms with van der Waals surface area (Å²) in [4.78, 5) is 28.8. The second-order valence-electron chi connectivity index (χ2n) is 9.88. The summed E-state index contributed by atoms with van der Waals surface area (Å²) in [5.74, 6) is -0.726. The van der Waals surface area contributed by atoms with Gasteiger partial charge < -0.3 is 10.2 Å². The van der Waals surface area contributed by atoms with E-state index in [9.17, 15) is 18.0 Å². The number of amides is 2. The van der Waals surface area contributed by atoms with Crippen LogP contribution in [0.1, 0.15) is 49.8 Å². The van der Waals surface area contributed by atoms with E-state index in [-0.39, 0.29) is 17.3 Å². The molecular formula is C31H38ClN3O4S. The minimum Gasteiger partial charge on any atom is -0.354 e. The fourth-order valence-corrected chi connectivity index (χ4v) is 5.89. The zero-order valence-electron chi connectivity index (χ0n) is 23.6. The Labute approximate surface area is 243 Å². The molecule has 0 saturated heterocycles. The maximum Gasteiger partial charge on any atom is 0.264 e. The summed E-state index contributed by atoms with van der Waals surface area (Å²) in [7, 11) is -4.14. The molecule has 1 atom stereocenters. The van der Waals surface area contributed by atoms with Crippen LogP contribution < -0.4 is 9.62 Å². The number of anilines is 1. The largest absolute Gasteiger partial charge is 0.354 e. The Kier molecular flexibility index (Phi) is 11.2. The number of aryl methyl sites for hydroxylation is 2. The first-order valence-corrected chi connectivity index (χ1v) is 15.4. The Morgan fingerprint density at radius 2 is 1.60 bits per heavy atom. The molecular weight excluding hydrogens is 546 g/mol. The van der Waals surface area contributed by atoms with E-state index in [4.69, 9.17) is 11.6 Å². The average Bonchev–Trinajstić information content (AvgIpc) is 2.93. The maximum absolute atomic E-state index is 14.1. The first-order chi connectivity index (χ1) is 19.1. The SMILES string of the molecule is CCCCNC(=O)C(CC)N(Cc1ccc(C)cc1)C(=O)CN(c1cccc(C)c1)S(=O)(=O)c1ccc(Cl)cc1. The van der Waals surface area contributed by atoms with Crippen LogP contribution in [0.4, 0.5) is 5.69 Å². The fraction of sp³-hybridized carbons (Fsp3) is 0.355. The molecule has 0 spiro atoms. The summed E-state index contributed by atoms with van der Waals surface area (Å²) in [6, 6.07) is 19.8. The van der Waals surface area contributed by atoms with Crippen LogP contribution in [0.15, 0.2) is 77.7 Å². The summed E-state index contributed by atoms with van der Waals surface area (Å²) in [6.45, 7) is 7.93. The second-order valence-corrected chi connectivity index (χ2v) is 12.2. The minimum absolute atomic E-state index is 0.0145. The summed E-state index contributed by atoms with van der Waals surface area (Å²) < 4.78 is 28.9. The van der Waals surface area contributed by atoms with Crippen LogP contribution in [0.2, 0.25) is 5.02 Å². The van der Waals surface area contributed by atoms with Crippen molar-refractivity contribution in [1.82, 2.24) is 10.2 Å². The van der Waals surface area contributed by atoms with Gasteiger partial charge in [0.05, 0.1) is 10.6 Å². The summed E-state index contributed by atoms with van der Waals surface area (Å²) in [5, 5.41) is 3.35. The Hall–Kier alpha value is -3.36. The second kappa shape index (κ2) is 14.3. The molecule has 0 heterocycles. The molecule has 214 valence electrons. The molecule has 40 heavy (non-hydrogen) atoms. The molecule has 0 fully saturated rings. The zero-order valence-corrected chi connectivity index (χ0v) is 25.1. The van der Waals surface area contributed by atoms with E-state index in [0.29, 0.717) is 23.7 Å². The van der Waals surface area contributed by atoms with Crippen molar-refractivity contribution in [1.29, 1.82) is 0 Å². The first kappa shape index (κ1) is 31.2. The third-order valence-electron chi connectivity index (χ3n) is 6.66. The molecule has 2 amide bonds. The number of rotatable bonds is 13. The number of halogens is 1. The highest BCUT2D eigenvalue weighted by molar-refractivity contribution is 7.92. The van der Waals surface area contributed by atoms with E-state index in [1.54, 1.807) is 18.2 Å². The van der Waals surface area contributed by atoms with Crippen molar-refractivity contribution in [3.8, 4) is 0 Å². The third kappa shape index (κ3) is 8.08. The molecule has 1 N–H and O–H groups in total. The van der Waals surface area contributed by atoms with Crippen molar-refractivity contribution < 1.29 is 18.0 Å². The number of hydrogen-bond donors (Lipinski definition) is 1. The van der Waals surface area contributed by atoms with Gasteiger partial charge in [-0.1, -0.05) is 73.8 Å². The lowest BCUT2D eigenvalue weighted by Crippen LogP contribution is -2.52. The van der Waals surface area contributed by atoms with Gasteiger partial charge in [0.25, 0.3) is 10.0 Å². The van der Waals surface area contributed by atoms with Crippen LogP contribution >= 0.6 is 11.6 Å². The van der Waals surface area contributed by atoms with Gasteiger partial charge in [-0.25, -0.2) is 8.42 Å². The molecule has 3 rings (SSSR count). The van der Waals surface area contributed by atoms with Crippen molar-refractivity contribution in [3.63, 3.8) is 0 Å². The monoisotopic (exact) mass is 583 g/mol. The van der Waals surface area contributed by atoms with E-state index in [1.165, 1.54) is 29.2 Å². The molecule has 0 aliphatic rings. The highest BCUT2D eigenvalue weighted by Gasteiger charge is 2.33. The molecule has 0 aliphatic heterocycles. The van der Waals surface area contributed by atoms with Crippen molar-refractivity contribution in [2.24, 2.45) is 0 Å². The summed E-state index contributed by atoms with van der Waals surface area (Å²) in [6.07, 6.45) is 2.13. The quantitative estimate of drug-likeness (QED) is 0.255. The van der Waals surface area contributed by atoms with Crippen LogP contribution in [0.5, 0.6) is 0 Å². The van der Waals surface area contributed by atoms with Gasteiger partial charge in [-0.3, -0.25) is 13.9 Å². The highest BCUT2D eigenvalue weighted by Crippen LogP contribution is 2.26. The zero-order chi connectivity index (χ0) is 29.3. The summed E-state index contributed by atoms with van der Waals surface area (Å²) in [5.41, 5.74) is 3.13. The fourth-order valence-electron chi connectivity index (χ4n) is 4.36. The van der Waals surface area contributed by atoms with Crippen LogP contribution in [0, 0.1) is 13.8 Å². The molecule has 9 heteroatoms. The standard InChI is InChI=1S/C31H38ClN3O4S/c1-5-7-19-33-31(37)29(6-2)34(21-25-13-11-23(3)12-14-25)30(36)22-35(27-10-8-9-24(4)20-27)40(38,39)28-17-15-26(32)16-18-28/h8-18,20,29H,5-7,19,21-22H2,1-4H3,(H,33,37). The van der Waals surface area contributed by atoms with Gasteiger partial charge in [0.1, 0.15) is 12.6 Å². The van der Waals surface area contributed by atoms with E-state index in [2.05, 4.69) is 5.32 Å². The Bertz CT molecular complexity index is 1390. The molecule has 0 aromatic heterocycles. The van der Waals surface area contributed by atoms with E-state index >= 15 is 0 Å². The van der Waals surface area contributed by atoms with E-state index in [0.717, 1.165) is 33.8 Å². The maximum atomic E-state index is 14.1. The number of benzene rings is 3. The number of nitrogens with one attached hydrogen (secondary N) is 1. The van der Waals surface area contributed by atoms with Gasteiger partial charge in [0, 0.05) is 18.1 Å². The third-order valence-corrected chi connectivity index (χ3v) is 8.70. The van der Waals surface area contributed by atoms with Gasteiger partial charge in [-0.05, 0) is 74.2 Å². The predicted octanol–water partition coefficient (Wildman–Crippen LogP) is 5.88. The number of hydrogen-bond acceptors (Lipinski definition) is 4. The Balaban J connectivity index is 2.03. The number of unbranched alkanes of at least 4 members (excludes halogenated alkanes) is 1. The van der Waals surface area contributed by atoms with Crippen LogP contribution in [0.3, 0.4) is 0 Å². The average molecular weight is 584 g/mol. The van der Waals surface area contributed by atoms with Crippen LogP contribution in [-0.2, 0) is 26.2 Å². The first-order valence-electron chi connectivity index (χ1n) is 13.5. The molecule has 3 aromatic carbocycles. The van der Waals surface area contributed by atoms with Gasteiger partial charge in [-0.15, -0.1) is 0 Å². The smallest absolute Gasteiger partial charge is 0.264 e. The number of carbonyl (C=O) groups excluding carboxylic acids is 2. The molecule has 3 aromatic rings. The van der Waals surface area contributed by atoms with Crippen molar-refractivity contribution >= 4 is 39.1 Å². The Morgan fingerprint density at radius 3 is 2.20 bits per heavy atom. The lowest BCUT2D eigenvalue weighted by atomic mass is 10.1. The predicted molar refractivity (Wildman–Crippen MR) is 161 cm³/mol. The van der Waals surface area contributed by atoms with Crippen LogP contribution in [0.25, 0.3) is 0 Å². The lowest BCUT2D eigenvalue weighted by Gasteiger charge is -2.33. The van der Waals surface area contributed by atoms with Gasteiger partial charge >= 0.3 is 0 Å². The molecule has 7 nitrogen and oxygen atoms in total. The lowest BCUT2D eigenvalue weighted by molar-refractivity contribution is -0.140. The molecule has 1 unspecified atom stereocenters. The minimum atomic E-state index is -4.14. The Morgan fingerprint density at radius 1 is 0.925 bits per heavy atom. The molecule has 0 aliphatic carbocycles. The number of nitrogens with zero attached hydrogens (tertiary/aromatic N) is 2. The van der Waals surface area contributed by atoms with Crippen LogP contribution in [-0.4, -0.2) is 44.3 Å². The van der Waals surface area contributed by atoms with Crippen molar-refractivity contribution in [2.45, 2.75) is 64.4 Å². The summed E-state index contributed by atoms with van der Waals surface area (Å²) >= 11 is 6.01. The van der Waals surface area contributed by atoms with Crippen molar-refractivity contribution in [3.05, 3.63) is 94.5 Å². The van der Waals surface area contributed by atoms with E-state index in [1.807, 2.05) is 58.0 Å². The normalized spacial score (nSPS) is 12.0.